The average molecular weight is 432 g/mol. The maximum atomic E-state index is 13.4. The van der Waals surface area contributed by atoms with E-state index in [9.17, 15) is 14.7 Å². The summed E-state index contributed by atoms with van der Waals surface area (Å²) in [6.07, 6.45) is 0. The first-order chi connectivity index (χ1) is 15.4. The zero-order valence-electron chi connectivity index (χ0n) is 18.1. The molecule has 0 saturated carbocycles. The molecule has 2 aromatic carbocycles. The first-order valence-electron chi connectivity index (χ1n) is 10.1. The van der Waals surface area contributed by atoms with Crippen LogP contribution in [0.25, 0.3) is 5.76 Å². The molecule has 2 aliphatic rings. The minimum Gasteiger partial charge on any atom is -0.507 e. The standard InChI is InChI=1S/C24H21N3O5/c1-26-22-18(23(29)27(2)24(26)30)16(14-10-7-11-15(31-3)21(14)32-4)17-19(25-22)12-8-5-6-9-13(12)20(17)28/h5-11,16,28H,1-4H3/p+1. The zero-order chi connectivity index (χ0) is 22.7. The smallest absolute Gasteiger partial charge is 0.417 e. The highest BCUT2D eigenvalue weighted by molar-refractivity contribution is 6.21. The fourth-order valence-corrected chi connectivity index (χ4v) is 4.73. The summed E-state index contributed by atoms with van der Waals surface area (Å²) in [7, 11) is 6.13. The molecule has 0 saturated heterocycles. The maximum absolute atomic E-state index is 13.4. The van der Waals surface area contributed by atoms with Gasteiger partial charge in [0.2, 0.25) is 0 Å². The Morgan fingerprint density at radius 3 is 2.34 bits per heavy atom. The SMILES string of the molecule is COc1cccc(C2C3=C(O)c4ccccc4C3=[NH+]c3c2c(=O)n(C)c(=O)n3C)c1OC. The van der Waals surface area contributed by atoms with Crippen molar-refractivity contribution in [3.05, 3.63) is 91.1 Å². The van der Waals surface area contributed by atoms with Gasteiger partial charge in [-0.3, -0.25) is 4.79 Å². The molecule has 2 N–H and O–H groups in total. The third-order valence-electron chi connectivity index (χ3n) is 6.24. The minimum absolute atomic E-state index is 0.0829. The molecule has 0 spiro atoms. The van der Waals surface area contributed by atoms with Crippen LogP contribution in [0.1, 0.15) is 28.2 Å². The van der Waals surface area contributed by atoms with Gasteiger partial charge in [-0.25, -0.2) is 14.4 Å². The van der Waals surface area contributed by atoms with Crippen molar-refractivity contribution in [2.24, 2.45) is 14.1 Å². The highest BCUT2D eigenvalue weighted by Gasteiger charge is 2.45. The molecule has 8 heteroatoms. The van der Waals surface area contributed by atoms with Crippen molar-refractivity contribution in [1.82, 2.24) is 9.13 Å². The van der Waals surface area contributed by atoms with Crippen molar-refractivity contribution >= 4 is 17.3 Å². The molecular formula is C24H22N3O5+. The highest BCUT2D eigenvalue weighted by atomic mass is 16.5. The van der Waals surface area contributed by atoms with Crippen LogP contribution in [0.4, 0.5) is 5.82 Å². The van der Waals surface area contributed by atoms with Gasteiger partial charge in [0.15, 0.2) is 11.5 Å². The van der Waals surface area contributed by atoms with Gasteiger partial charge in [-0.2, -0.15) is 4.57 Å². The number of aliphatic hydroxyl groups is 1. The molecular weight excluding hydrogens is 410 g/mol. The van der Waals surface area contributed by atoms with Crippen LogP contribution >= 0.6 is 0 Å². The average Bonchev–Trinajstić information content (AvgIpc) is 3.11. The molecule has 32 heavy (non-hydrogen) atoms. The molecule has 0 bridgehead atoms. The molecule has 1 aromatic heterocycles. The number of aromatic nitrogens is 2. The van der Waals surface area contributed by atoms with E-state index in [0.29, 0.717) is 45.3 Å². The second-order valence-electron chi connectivity index (χ2n) is 7.79. The topological polar surface area (TPSA) is 96.7 Å². The van der Waals surface area contributed by atoms with Crippen LogP contribution in [0.2, 0.25) is 0 Å². The first-order valence-corrected chi connectivity index (χ1v) is 10.1. The summed E-state index contributed by atoms with van der Waals surface area (Å²) < 4.78 is 13.7. The number of aliphatic hydroxyl groups excluding tert-OH is 1. The number of rotatable bonds is 3. The normalized spacial score (nSPS) is 16.2. The Kier molecular flexibility index (Phi) is 4.33. The third-order valence-corrected chi connectivity index (χ3v) is 6.24. The monoisotopic (exact) mass is 432 g/mol. The first kappa shape index (κ1) is 19.9. The van der Waals surface area contributed by atoms with Crippen molar-refractivity contribution in [3.8, 4) is 11.5 Å². The Labute approximate surface area is 183 Å². The maximum Gasteiger partial charge on any atom is 0.417 e. The Hall–Kier alpha value is -4.07. The van der Waals surface area contributed by atoms with Gasteiger partial charge in [-0.1, -0.05) is 30.3 Å². The van der Waals surface area contributed by atoms with E-state index < -0.39 is 17.2 Å². The van der Waals surface area contributed by atoms with Crippen LogP contribution < -0.4 is 25.7 Å². The third kappa shape index (κ3) is 2.46. The van der Waals surface area contributed by atoms with Gasteiger partial charge in [0, 0.05) is 23.7 Å². The van der Waals surface area contributed by atoms with Crippen molar-refractivity contribution in [1.29, 1.82) is 0 Å². The quantitative estimate of drug-likeness (QED) is 0.636. The van der Waals surface area contributed by atoms with E-state index in [1.54, 1.807) is 20.2 Å². The summed E-state index contributed by atoms with van der Waals surface area (Å²) in [6, 6.07) is 12.9. The lowest BCUT2D eigenvalue weighted by Crippen LogP contribution is -2.73. The van der Waals surface area contributed by atoms with Crippen LogP contribution in [-0.4, -0.2) is 34.2 Å². The van der Waals surface area contributed by atoms with Crippen LogP contribution in [0, 0.1) is 0 Å². The molecule has 1 unspecified atom stereocenters. The lowest BCUT2D eigenvalue weighted by molar-refractivity contribution is -0.364. The van der Waals surface area contributed by atoms with Crippen LogP contribution in [0.5, 0.6) is 11.5 Å². The fourth-order valence-electron chi connectivity index (χ4n) is 4.73. The second-order valence-corrected chi connectivity index (χ2v) is 7.79. The number of fused-ring (bicyclic) bond motifs is 4. The molecule has 8 nitrogen and oxygen atoms in total. The largest absolute Gasteiger partial charge is 0.507 e. The number of nitrogens with zero attached hydrogens (tertiary/aromatic N) is 2. The van der Waals surface area contributed by atoms with E-state index in [1.165, 1.54) is 18.7 Å². The van der Waals surface area contributed by atoms with Gasteiger partial charge < -0.3 is 14.6 Å². The van der Waals surface area contributed by atoms with E-state index >= 15 is 0 Å². The summed E-state index contributed by atoms with van der Waals surface area (Å²) in [4.78, 5) is 29.4. The van der Waals surface area contributed by atoms with E-state index in [4.69, 9.17) is 9.47 Å². The molecule has 0 fully saturated rings. The number of nitrogens with one attached hydrogen (secondary N) is 1. The molecule has 0 radical (unpaired) electrons. The molecule has 0 amide bonds. The number of para-hydroxylation sites is 1. The van der Waals surface area contributed by atoms with Gasteiger partial charge in [0.1, 0.15) is 17.0 Å². The minimum atomic E-state index is -0.691. The lowest BCUT2D eigenvalue weighted by Gasteiger charge is -2.25. The van der Waals surface area contributed by atoms with Crippen molar-refractivity contribution < 1.29 is 19.6 Å². The van der Waals surface area contributed by atoms with Gasteiger partial charge in [-0.05, 0) is 12.1 Å². The number of hydrogen-bond donors (Lipinski definition) is 2. The molecule has 5 rings (SSSR count). The molecule has 1 aliphatic carbocycles. The Bertz CT molecular complexity index is 1480. The summed E-state index contributed by atoms with van der Waals surface area (Å²) in [6.45, 7) is 0. The van der Waals surface area contributed by atoms with Crippen molar-refractivity contribution in [3.63, 3.8) is 0 Å². The van der Waals surface area contributed by atoms with E-state index in [0.717, 1.165) is 10.1 Å². The molecule has 3 aromatic rings. The van der Waals surface area contributed by atoms with Gasteiger partial charge in [0.05, 0.1) is 32.8 Å². The van der Waals surface area contributed by atoms with Crippen molar-refractivity contribution in [2.75, 3.05) is 14.2 Å². The summed E-state index contributed by atoms with van der Waals surface area (Å²) >= 11 is 0. The Morgan fingerprint density at radius 2 is 1.66 bits per heavy atom. The molecule has 1 atom stereocenters. The molecule has 162 valence electrons. The summed E-state index contributed by atoms with van der Waals surface area (Å²) in [5.74, 6) is 0.739. The second kappa shape index (κ2) is 6.98. The number of allylic oxidation sites excluding steroid dienone is 1. The fraction of sp³-hybridized carbons (Fsp3) is 0.208. The summed E-state index contributed by atoms with van der Waals surface area (Å²) in [5.41, 5.74) is 2.78. The predicted molar refractivity (Wildman–Crippen MR) is 119 cm³/mol. The summed E-state index contributed by atoms with van der Waals surface area (Å²) in [5, 5.41) is 11.3. The highest BCUT2D eigenvalue weighted by Crippen LogP contribution is 2.47. The number of methoxy groups -OCH3 is 2. The number of benzene rings is 2. The number of ether oxygens (including phenoxy) is 2. The van der Waals surface area contributed by atoms with Gasteiger partial charge in [-0.15, -0.1) is 0 Å². The predicted octanol–water partition coefficient (Wildman–Crippen LogP) is 0.731. The van der Waals surface area contributed by atoms with E-state index in [-0.39, 0.29) is 5.76 Å². The Balaban J connectivity index is 1.96. The van der Waals surface area contributed by atoms with Crippen LogP contribution in [0.15, 0.2) is 57.6 Å². The van der Waals surface area contributed by atoms with Crippen molar-refractivity contribution in [2.45, 2.75) is 5.92 Å². The zero-order valence-corrected chi connectivity index (χ0v) is 18.1. The molecule has 1 aliphatic heterocycles. The van der Waals surface area contributed by atoms with E-state index in [2.05, 4.69) is 4.99 Å². The van der Waals surface area contributed by atoms with Gasteiger partial charge >= 0.3 is 5.69 Å². The Morgan fingerprint density at radius 1 is 0.938 bits per heavy atom. The van der Waals surface area contributed by atoms with Crippen LogP contribution in [0.3, 0.4) is 0 Å². The van der Waals surface area contributed by atoms with Gasteiger partial charge in [0.25, 0.3) is 11.4 Å². The van der Waals surface area contributed by atoms with E-state index in [1.807, 2.05) is 36.4 Å². The number of hydrogen-bond acceptors (Lipinski definition) is 5. The lowest BCUT2D eigenvalue weighted by atomic mass is 9.81. The molecule has 2 heterocycles. The van der Waals surface area contributed by atoms with Crippen LogP contribution in [-0.2, 0) is 14.1 Å².